The van der Waals surface area contributed by atoms with E-state index in [0.717, 1.165) is 11.1 Å². The van der Waals surface area contributed by atoms with Crippen LogP contribution in [0.2, 0.25) is 0 Å². The van der Waals surface area contributed by atoms with Crippen LogP contribution in [0, 0.1) is 0 Å². The first-order valence-electron chi connectivity index (χ1n) is 9.17. The van der Waals surface area contributed by atoms with Crippen molar-refractivity contribution < 1.29 is 22.7 Å². The lowest BCUT2D eigenvalue weighted by Crippen LogP contribution is -2.39. The molecule has 0 aliphatic carbocycles. The van der Waals surface area contributed by atoms with E-state index in [2.05, 4.69) is 4.72 Å². The highest BCUT2D eigenvalue weighted by atomic mass is 32.2. The normalized spacial score (nSPS) is 14.8. The van der Waals surface area contributed by atoms with Gasteiger partial charge in [0.15, 0.2) is 0 Å². The summed E-state index contributed by atoms with van der Waals surface area (Å²) in [5.74, 6) is -0.0886. The second kappa shape index (κ2) is 8.48. The number of benzene rings is 1. The van der Waals surface area contributed by atoms with Gasteiger partial charge in [0.1, 0.15) is 5.60 Å². The first-order valence-corrected chi connectivity index (χ1v) is 10.8. The third-order valence-electron chi connectivity index (χ3n) is 3.95. The number of anilines is 1. The molecule has 7 nitrogen and oxygen atoms in total. The summed E-state index contributed by atoms with van der Waals surface area (Å²) in [6.07, 6.45) is 0.320. The first-order chi connectivity index (χ1) is 12.5. The van der Waals surface area contributed by atoms with Crippen molar-refractivity contribution in [1.29, 1.82) is 0 Å². The van der Waals surface area contributed by atoms with E-state index < -0.39 is 15.6 Å². The molecule has 0 saturated carbocycles. The van der Waals surface area contributed by atoms with Crippen LogP contribution in [0.15, 0.2) is 18.2 Å². The van der Waals surface area contributed by atoms with Crippen LogP contribution in [-0.2, 0) is 32.5 Å². The number of carbonyl (C=O) groups excluding carboxylic acids is 1. The minimum Gasteiger partial charge on any atom is -0.444 e. The van der Waals surface area contributed by atoms with Gasteiger partial charge in [-0.1, -0.05) is 6.07 Å². The van der Waals surface area contributed by atoms with Crippen molar-refractivity contribution in [2.75, 3.05) is 23.6 Å². The predicted molar refractivity (Wildman–Crippen MR) is 105 cm³/mol. The molecule has 27 heavy (non-hydrogen) atoms. The first kappa shape index (κ1) is 21.5. The summed E-state index contributed by atoms with van der Waals surface area (Å²) >= 11 is 0. The quantitative estimate of drug-likeness (QED) is 0.796. The molecule has 0 saturated heterocycles. The molecule has 1 aromatic rings. The Kier molecular flexibility index (Phi) is 6.75. The lowest BCUT2D eigenvalue weighted by molar-refractivity contribution is 0.0224. The van der Waals surface area contributed by atoms with E-state index >= 15 is 0 Å². The third-order valence-corrected chi connectivity index (χ3v) is 5.20. The van der Waals surface area contributed by atoms with Crippen LogP contribution in [0.4, 0.5) is 10.5 Å². The van der Waals surface area contributed by atoms with Gasteiger partial charge in [0, 0.05) is 18.8 Å². The molecule has 1 amide bonds. The number of ether oxygens (including phenoxy) is 2. The van der Waals surface area contributed by atoms with Gasteiger partial charge in [0.05, 0.1) is 18.5 Å². The summed E-state index contributed by atoms with van der Waals surface area (Å²) in [6.45, 7) is 10.4. The van der Waals surface area contributed by atoms with Gasteiger partial charge in [-0.05, 0) is 64.3 Å². The number of rotatable bonds is 6. The van der Waals surface area contributed by atoms with Crippen molar-refractivity contribution in [1.82, 2.24) is 4.90 Å². The second-order valence-corrected chi connectivity index (χ2v) is 9.82. The van der Waals surface area contributed by atoms with Gasteiger partial charge >= 0.3 is 6.09 Å². The molecule has 1 aliphatic rings. The minimum absolute atomic E-state index is 0.00290. The summed E-state index contributed by atoms with van der Waals surface area (Å²) in [4.78, 5) is 13.9. The molecule has 1 N–H and O–H groups in total. The molecule has 0 radical (unpaired) electrons. The van der Waals surface area contributed by atoms with Gasteiger partial charge in [0.25, 0.3) is 0 Å². The number of carbonyl (C=O) groups is 1. The van der Waals surface area contributed by atoms with Crippen molar-refractivity contribution in [2.45, 2.75) is 59.3 Å². The van der Waals surface area contributed by atoms with Crippen LogP contribution in [0.25, 0.3) is 0 Å². The summed E-state index contributed by atoms with van der Waals surface area (Å²) in [5, 5.41) is 0. The zero-order valence-corrected chi connectivity index (χ0v) is 17.6. The van der Waals surface area contributed by atoms with E-state index in [1.165, 1.54) is 0 Å². The van der Waals surface area contributed by atoms with Gasteiger partial charge in [-0.2, -0.15) is 0 Å². The van der Waals surface area contributed by atoms with Crippen molar-refractivity contribution >= 4 is 21.8 Å². The Morgan fingerprint density at radius 2 is 1.96 bits per heavy atom. The maximum absolute atomic E-state index is 12.2. The van der Waals surface area contributed by atoms with Gasteiger partial charge in [-0.25, -0.2) is 13.2 Å². The summed E-state index contributed by atoms with van der Waals surface area (Å²) in [6, 6.07) is 5.41. The molecule has 0 atom stereocenters. The molecule has 0 spiro atoms. The molecule has 0 aromatic heterocycles. The van der Waals surface area contributed by atoms with Gasteiger partial charge in [0.2, 0.25) is 10.0 Å². The Hall–Kier alpha value is -1.80. The highest BCUT2D eigenvalue weighted by molar-refractivity contribution is 7.92. The molecule has 1 aromatic carbocycles. The monoisotopic (exact) mass is 398 g/mol. The van der Waals surface area contributed by atoms with Crippen LogP contribution in [0.3, 0.4) is 0 Å². The van der Waals surface area contributed by atoms with E-state index in [-0.39, 0.29) is 24.6 Å². The lowest BCUT2D eigenvalue weighted by Gasteiger charge is -2.31. The number of sulfonamides is 1. The van der Waals surface area contributed by atoms with Crippen molar-refractivity contribution in [3.8, 4) is 0 Å². The Morgan fingerprint density at radius 3 is 2.59 bits per heavy atom. The van der Waals surface area contributed by atoms with Crippen molar-refractivity contribution in [2.24, 2.45) is 0 Å². The molecular formula is C19H30N2O5S. The number of nitrogens with zero attached hydrogens (tertiary/aromatic N) is 1. The van der Waals surface area contributed by atoms with Gasteiger partial charge < -0.3 is 14.4 Å². The smallest absolute Gasteiger partial charge is 0.410 e. The third kappa shape index (κ3) is 7.03. The maximum atomic E-state index is 12.2. The van der Waals surface area contributed by atoms with Crippen LogP contribution in [-0.4, -0.2) is 50.0 Å². The molecule has 8 heteroatoms. The summed E-state index contributed by atoms with van der Waals surface area (Å²) in [5.41, 5.74) is 2.04. The van der Waals surface area contributed by atoms with E-state index in [9.17, 15) is 13.2 Å². The topological polar surface area (TPSA) is 84.9 Å². The average Bonchev–Trinajstić information content (AvgIpc) is 2.51. The second-order valence-electron chi connectivity index (χ2n) is 7.98. The lowest BCUT2D eigenvalue weighted by atomic mass is 9.99. The highest BCUT2D eigenvalue weighted by Crippen LogP contribution is 2.24. The zero-order chi connectivity index (χ0) is 20.2. The number of nitrogens with one attached hydrogen (secondary N) is 1. The Bertz CT molecular complexity index is 769. The molecule has 152 valence electrons. The maximum Gasteiger partial charge on any atom is 0.410 e. The minimum atomic E-state index is -3.46. The molecule has 2 rings (SSSR count). The zero-order valence-electron chi connectivity index (χ0n) is 16.7. The largest absolute Gasteiger partial charge is 0.444 e. The van der Waals surface area contributed by atoms with Crippen molar-refractivity contribution in [3.05, 3.63) is 29.3 Å². The van der Waals surface area contributed by atoms with E-state index in [1.807, 2.05) is 46.8 Å². The average molecular weight is 399 g/mol. The molecule has 0 unspecified atom stereocenters. The molecule has 0 fully saturated rings. The SMILES string of the molecule is CC(C)OCCS(=O)(=O)Nc1ccc2c(c1)CCN(C(=O)OC(C)(C)C)C2. The van der Waals surface area contributed by atoms with Gasteiger partial charge in [-0.3, -0.25) is 4.72 Å². The fraction of sp³-hybridized carbons (Fsp3) is 0.632. The number of hydrogen-bond acceptors (Lipinski definition) is 5. The number of hydrogen-bond donors (Lipinski definition) is 1. The van der Waals surface area contributed by atoms with Crippen LogP contribution in [0.5, 0.6) is 0 Å². The highest BCUT2D eigenvalue weighted by Gasteiger charge is 2.26. The fourth-order valence-electron chi connectivity index (χ4n) is 2.72. The number of fused-ring (bicyclic) bond motifs is 1. The molecular weight excluding hydrogens is 368 g/mol. The van der Waals surface area contributed by atoms with E-state index in [1.54, 1.807) is 11.0 Å². The Balaban J connectivity index is 1.99. The van der Waals surface area contributed by atoms with Crippen LogP contribution < -0.4 is 4.72 Å². The predicted octanol–water partition coefficient (Wildman–Crippen LogP) is 3.15. The van der Waals surface area contributed by atoms with Crippen molar-refractivity contribution in [3.63, 3.8) is 0 Å². The summed E-state index contributed by atoms with van der Waals surface area (Å²) in [7, 11) is -3.46. The van der Waals surface area contributed by atoms with Gasteiger partial charge in [-0.15, -0.1) is 0 Å². The fourth-order valence-corrected chi connectivity index (χ4v) is 3.63. The summed E-state index contributed by atoms with van der Waals surface area (Å²) < 4.78 is 37.6. The van der Waals surface area contributed by atoms with E-state index in [4.69, 9.17) is 9.47 Å². The van der Waals surface area contributed by atoms with E-state index in [0.29, 0.717) is 25.2 Å². The van der Waals surface area contributed by atoms with Crippen LogP contribution >= 0.6 is 0 Å². The standard InChI is InChI=1S/C19H30N2O5S/c1-14(2)25-10-11-27(23,24)20-17-7-6-16-13-21(9-8-15(16)12-17)18(22)26-19(3,4)5/h6-7,12,14,20H,8-11,13H2,1-5H3. The molecule has 1 aliphatic heterocycles. The number of amides is 1. The van der Waals surface area contributed by atoms with Crippen LogP contribution in [0.1, 0.15) is 45.7 Å². The molecule has 1 heterocycles. The Labute approximate surface area is 162 Å². The Morgan fingerprint density at radius 1 is 1.26 bits per heavy atom. The molecule has 0 bridgehead atoms.